The Morgan fingerprint density at radius 1 is 0.971 bits per heavy atom. The molecule has 0 atom stereocenters. The molecule has 0 fully saturated rings. The molecule has 174 valence electrons. The van der Waals surface area contributed by atoms with E-state index in [0.29, 0.717) is 16.4 Å². The lowest BCUT2D eigenvalue weighted by molar-refractivity contribution is 0.521. The van der Waals surface area contributed by atoms with E-state index in [1.807, 2.05) is 42.3 Å². The zero-order chi connectivity index (χ0) is 24.6. The Morgan fingerprint density at radius 2 is 1.68 bits per heavy atom. The van der Waals surface area contributed by atoms with Crippen LogP contribution in [0.1, 0.15) is 0 Å². The number of halogens is 1. The number of sulfonamides is 1. The number of nitrogens with zero attached hydrogens (tertiary/aromatic N) is 4. The predicted molar refractivity (Wildman–Crippen MR) is 136 cm³/mol. The fourth-order valence-electron chi connectivity index (χ4n) is 3.65. The molecule has 0 saturated carbocycles. The van der Waals surface area contributed by atoms with Gasteiger partial charge < -0.3 is 4.90 Å². The minimum atomic E-state index is -3.50. The van der Waals surface area contributed by atoms with Crippen molar-refractivity contribution in [3.8, 4) is 11.1 Å². The summed E-state index contributed by atoms with van der Waals surface area (Å²) >= 11 is 6.17. The smallest absolute Gasteiger partial charge is 0.242 e. The number of nitrogens with one attached hydrogen (secondary N) is 2. The average Bonchev–Trinajstić information content (AvgIpc) is 2.83. The third-order valence-electron chi connectivity index (χ3n) is 5.55. The quantitative estimate of drug-likeness (QED) is 0.307. The molecule has 0 bridgehead atoms. The standard InChI is InChI=1S/C24H23ClN6O2S/c1-29(2)34(32,33)20-10-7-16(8-11-20)17-5-4-6-19(13-17)30(3)23-21-12-9-18(25)14-22(21)31(15-26)24(27)28-23/h4-15,26-27H,1-3H3. The van der Waals surface area contributed by atoms with Crippen molar-refractivity contribution in [1.29, 1.82) is 10.8 Å². The lowest BCUT2D eigenvalue weighted by Crippen LogP contribution is -2.26. The van der Waals surface area contributed by atoms with Gasteiger partial charge >= 0.3 is 0 Å². The molecule has 10 heteroatoms. The van der Waals surface area contributed by atoms with E-state index in [-0.39, 0.29) is 10.5 Å². The Balaban J connectivity index is 1.77. The van der Waals surface area contributed by atoms with E-state index in [2.05, 4.69) is 4.98 Å². The van der Waals surface area contributed by atoms with Crippen LogP contribution in [0.5, 0.6) is 0 Å². The molecule has 34 heavy (non-hydrogen) atoms. The molecule has 1 heterocycles. The van der Waals surface area contributed by atoms with Crippen molar-refractivity contribution in [2.75, 3.05) is 26.0 Å². The van der Waals surface area contributed by atoms with Gasteiger partial charge in [-0.1, -0.05) is 35.9 Å². The molecular formula is C24H23ClN6O2S. The summed E-state index contributed by atoms with van der Waals surface area (Å²) in [6.07, 6.45) is 1.04. The summed E-state index contributed by atoms with van der Waals surface area (Å²) in [6.45, 7) is 0. The molecule has 0 radical (unpaired) electrons. The van der Waals surface area contributed by atoms with Gasteiger partial charge in [-0.3, -0.25) is 15.4 Å². The Kier molecular flexibility index (Phi) is 6.26. The number of anilines is 2. The zero-order valence-electron chi connectivity index (χ0n) is 18.8. The van der Waals surface area contributed by atoms with Crippen molar-refractivity contribution >= 4 is 50.4 Å². The van der Waals surface area contributed by atoms with Crippen molar-refractivity contribution in [2.45, 2.75) is 4.90 Å². The Labute approximate surface area is 202 Å². The van der Waals surface area contributed by atoms with E-state index in [4.69, 9.17) is 22.4 Å². The summed E-state index contributed by atoms with van der Waals surface area (Å²) in [6, 6.07) is 19.8. The molecule has 0 unspecified atom stereocenters. The van der Waals surface area contributed by atoms with Gasteiger partial charge in [-0.05, 0) is 53.6 Å². The lowest BCUT2D eigenvalue weighted by atomic mass is 10.0. The molecule has 3 aromatic carbocycles. The lowest BCUT2D eigenvalue weighted by Gasteiger charge is -2.22. The van der Waals surface area contributed by atoms with Crippen molar-refractivity contribution in [2.24, 2.45) is 0 Å². The van der Waals surface area contributed by atoms with Crippen molar-refractivity contribution in [3.63, 3.8) is 0 Å². The van der Waals surface area contributed by atoms with Crippen LogP contribution in [0.4, 0.5) is 11.5 Å². The van der Waals surface area contributed by atoms with E-state index in [1.54, 1.807) is 36.4 Å². The normalized spacial score (nSPS) is 11.7. The summed E-state index contributed by atoms with van der Waals surface area (Å²) in [5, 5.41) is 17.2. The molecule has 0 aliphatic carbocycles. The van der Waals surface area contributed by atoms with Gasteiger partial charge in [0.15, 0.2) is 0 Å². The zero-order valence-corrected chi connectivity index (χ0v) is 20.4. The molecule has 8 nitrogen and oxygen atoms in total. The first-order valence-electron chi connectivity index (χ1n) is 10.3. The SMILES string of the molecule is CN(c1cccc(-c2ccc(S(=O)(=O)N(C)C)cc2)c1)c1nc(=N)n(C=N)c2cc(Cl)ccc12. The third kappa shape index (κ3) is 4.21. The van der Waals surface area contributed by atoms with Crippen molar-refractivity contribution in [3.05, 3.63) is 77.4 Å². The molecule has 0 spiro atoms. The highest BCUT2D eigenvalue weighted by Crippen LogP contribution is 2.32. The molecule has 4 aromatic rings. The number of rotatable bonds is 6. The molecule has 4 rings (SSSR count). The Bertz CT molecular complexity index is 1560. The van der Waals surface area contributed by atoms with Crippen molar-refractivity contribution in [1.82, 2.24) is 13.9 Å². The first kappa shape index (κ1) is 23.6. The second-order valence-electron chi connectivity index (χ2n) is 7.84. The van der Waals surface area contributed by atoms with Crippen LogP contribution in [0.25, 0.3) is 22.0 Å². The van der Waals surface area contributed by atoms with E-state index in [9.17, 15) is 8.42 Å². The highest BCUT2D eigenvalue weighted by molar-refractivity contribution is 7.89. The van der Waals surface area contributed by atoms with Crippen LogP contribution in [-0.2, 0) is 10.0 Å². The predicted octanol–water partition coefficient (Wildman–Crippen LogP) is 4.31. The van der Waals surface area contributed by atoms with Gasteiger partial charge in [0.25, 0.3) is 0 Å². The molecule has 2 N–H and O–H groups in total. The van der Waals surface area contributed by atoms with Gasteiger partial charge in [0.2, 0.25) is 15.6 Å². The van der Waals surface area contributed by atoms with Crippen LogP contribution in [-0.4, -0.2) is 49.8 Å². The van der Waals surface area contributed by atoms with Gasteiger partial charge in [-0.25, -0.2) is 12.7 Å². The Hall–Kier alpha value is -3.53. The van der Waals surface area contributed by atoms with Crippen LogP contribution in [0, 0.1) is 10.8 Å². The maximum Gasteiger partial charge on any atom is 0.242 e. The summed E-state index contributed by atoms with van der Waals surface area (Å²) < 4.78 is 27.3. The number of fused-ring (bicyclic) bond motifs is 1. The van der Waals surface area contributed by atoms with E-state index < -0.39 is 10.0 Å². The van der Waals surface area contributed by atoms with Gasteiger partial charge in [0.05, 0.1) is 16.8 Å². The summed E-state index contributed by atoms with van der Waals surface area (Å²) in [5.41, 5.74) is 3.13. The Morgan fingerprint density at radius 3 is 2.32 bits per heavy atom. The summed E-state index contributed by atoms with van der Waals surface area (Å²) in [7, 11) is 1.37. The number of aromatic nitrogens is 2. The number of benzene rings is 3. The van der Waals surface area contributed by atoms with Gasteiger partial charge in [0.1, 0.15) is 5.82 Å². The fraction of sp³-hybridized carbons (Fsp3) is 0.125. The van der Waals surface area contributed by atoms with Crippen LogP contribution >= 0.6 is 11.6 Å². The topological polar surface area (TPSA) is 106 Å². The largest absolute Gasteiger partial charge is 0.329 e. The summed E-state index contributed by atoms with van der Waals surface area (Å²) in [5.74, 6) is 0.555. The number of hydrogen-bond acceptors (Lipinski definition) is 6. The van der Waals surface area contributed by atoms with Crippen molar-refractivity contribution < 1.29 is 8.42 Å². The molecule has 0 aliphatic heterocycles. The van der Waals surface area contributed by atoms with Crippen LogP contribution in [0.15, 0.2) is 71.6 Å². The highest BCUT2D eigenvalue weighted by Gasteiger charge is 2.17. The first-order chi connectivity index (χ1) is 16.1. The number of hydrogen-bond donors (Lipinski definition) is 2. The van der Waals surface area contributed by atoms with Crippen LogP contribution in [0.2, 0.25) is 5.02 Å². The average molecular weight is 495 g/mol. The van der Waals surface area contributed by atoms with Gasteiger partial charge in [-0.2, -0.15) is 4.98 Å². The van der Waals surface area contributed by atoms with Crippen LogP contribution in [0.3, 0.4) is 0 Å². The maximum atomic E-state index is 12.4. The molecule has 0 amide bonds. The molecular weight excluding hydrogens is 472 g/mol. The third-order valence-corrected chi connectivity index (χ3v) is 7.61. The molecule has 0 aliphatic rings. The van der Waals surface area contributed by atoms with E-state index in [0.717, 1.165) is 28.5 Å². The van der Waals surface area contributed by atoms with Gasteiger partial charge in [0, 0.05) is 37.2 Å². The van der Waals surface area contributed by atoms with Crippen LogP contribution < -0.4 is 10.5 Å². The minimum Gasteiger partial charge on any atom is -0.329 e. The van der Waals surface area contributed by atoms with E-state index in [1.165, 1.54) is 23.0 Å². The summed E-state index contributed by atoms with van der Waals surface area (Å²) in [4.78, 5) is 6.53. The van der Waals surface area contributed by atoms with E-state index >= 15 is 0 Å². The minimum absolute atomic E-state index is 0.0829. The highest BCUT2D eigenvalue weighted by atomic mass is 35.5. The maximum absolute atomic E-state index is 12.4. The molecule has 0 saturated heterocycles. The first-order valence-corrected chi connectivity index (χ1v) is 12.1. The molecule has 1 aromatic heterocycles. The fourth-order valence-corrected chi connectivity index (χ4v) is 4.72. The van der Waals surface area contributed by atoms with Gasteiger partial charge in [-0.15, -0.1) is 0 Å². The second-order valence-corrected chi connectivity index (χ2v) is 10.4. The monoisotopic (exact) mass is 494 g/mol. The second kappa shape index (κ2) is 9.02.